The van der Waals surface area contributed by atoms with Crippen LogP contribution in [0.15, 0.2) is 0 Å². The first kappa shape index (κ1) is 16.8. The van der Waals surface area contributed by atoms with Crippen molar-refractivity contribution in [3.8, 4) is 0 Å². The van der Waals surface area contributed by atoms with Gasteiger partial charge in [-0.05, 0) is 41.0 Å². The Morgan fingerprint density at radius 3 is 1.72 bits per heavy atom. The number of Topliss-reactive ketones (excluding diaryl/α,β-unsaturated/α-hetero) is 2. The Bertz CT molecular complexity index is 322. The third kappa shape index (κ3) is 3.93. The summed E-state index contributed by atoms with van der Waals surface area (Å²) in [6.45, 7) is 9.70. The first-order chi connectivity index (χ1) is 8.08. The fraction of sp³-hybridized carbons (Fsp3) is 0.786. The van der Waals surface area contributed by atoms with E-state index in [0.717, 1.165) is 0 Å². The highest BCUT2D eigenvalue weighted by molar-refractivity contribution is 6.05. The van der Waals surface area contributed by atoms with Crippen molar-refractivity contribution in [2.24, 2.45) is 10.8 Å². The van der Waals surface area contributed by atoms with Gasteiger partial charge in [-0.1, -0.05) is 13.3 Å². The number of ketones is 2. The van der Waals surface area contributed by atoms with Crippen LogP contribution in [0, 0.1) is 10.8 Å². The van der Waals surface area contributed by atoms with Gasteiger partial charge in [-0.2, -0.15) is 0 Å². The molecule has 0 amide bonds. The standard InChI is InChI=1S/C14H24O4/c1-7-8-14(10(2)15,11(3)16)9-18-12(17)13(4,5)6/h7-9H2,1-6H3. The van der Waals surface area contributed by atoms with Gasteiger partial charge in [-0.25, -0.2) is 0 Å². The van der Waals surface area contributed by atoms with Crippen LogP contribution < -0.4 is 0 Å². The van der Waals surface area contributed by atoms with Gasteiger partial charge in [0.2, 0.25) is 0 Å². The average Bonchev–Trinajstić information content (AvgIpc) is 2.21. The molecule has 0 fully saturated rings. The van der Waals surface area contributed by atoms with E-state index in [1.807, 2.05) is 6.92 Å². The molecular formula is C14H24O4. The summed E-state index contributed by atoms with van der Waals surface area (Å²) in [6.07, 6.45) is 1.10. The van der Waals surface area contributed by atoms with Crippen LogP contribution in [0.1, 0.15) is 54.4 Å². The molecule has 0 rings (SSSR count). The molecule has 0 unspecified atom stereocenters. The Hall–Kier alpha value is -1.19. The summed E-state index contributed by atoms with van der Waals surface area (Å²) in [5.41, 5.74) is -1.80. The summed E-state index contributed by atoms with van der Waals surface area (Å²) in [6, 6.07) is 0. The molecule has 0 saturated carbocycles. The van der Waals surface area contributed by atoms with Gasteiger partial charge in [0.05, 0.1) is 5.41 Å². The average molecular weight is 256 g/mol. The smallest absolute Gasteiger partial charge is 0.311 e. The minimum atomic E-state index is -1.17. The summed E-state index contributed by atoms with van der Waals surface area (Å²) >= 11 is 0. The van der Waals surface area contributed by atoms with E-state index < -0.39 is 16.8 Å². The van der Waals surface area contributed by atoms with Crippen LogP contribution in [-0.2, 0) is 19.1 Å². The Balaban J connectivity index is 4.98. The maximum Gasteiger partial charge on any atom is 0.311 e. The molecule has 0 N–H and O–H groups in total. The number of carbonyl (C=O) groups excluding carboxylic acids is 3. The van der Waals surface area contributed by atoms with Crippen molar-refractivity contribution in [1.29, 1.82) is 0 Å². The summed E-state index contributed by atoms with van der Waals surface area (Å²) in [4.78, 5) is 35.2. The van der Waals surface area contributed by atoms with Gasteiger partial charge in [0.15, 0.2) is 0 Å². The van der Waals surface area contributed by atoms with E-state index in [9.17, 15) is 14.4 Å². The maximum absolute atomic E-state index is 11.7. The quantitative estimate of drug-likeness (QED) is 0.541. The highest BCUT2D eigenvalue weighted by atomic mass is 16.5. The van der Waals surface area contributed by atoms with Crippen molar-refractivity contribution in [2.45, 2.75) is 54.4 Å². The minimum Gasteiger partial charge on any atom is -0.464 e. The number of hydrogen-bond acceptors (Lipinski definition) is 4. The van der Waals surface area contributed by atoms with E-state index >= 15 is 0 Å². The molecule has 0 atom stereocenters. The van der Waals surface area contributed by atoms with Gasteiger partial charge in [0, 0.05) is 0 Å². The van der Waals surface area contributed by atoms with Crippen LogP contribution in [-0.4, -0.2) is 24.1 Å². The SMILES string of the molecule is CCCC(COC(=O)C(C)(C)C)(C(C)=O)C(C)=O. The molecule has 0 aliphatic heterocycles. The second-order valence-corrected chi connectivity index (χ2v) is 5.77. The van der Waals surface area contributed by atoms with Crippen LogP contribution in [0.2, 0.25) is 0 Å². The molecule has 4 nitrogen and oxygen atoms in total. The summed E-state index contributed by atoms with van der Waals surface area (Å²) in [7, 11) is 0. The fourth-order valence-electron chi connectivity index (χ4n) is 1.71. The van der Waals surface area contributed by atoms with Crippen molar-refractivity contribution < 1.29 is 19.1 Å². The van der Waals surface area contributed by atoms with Gasteiger partial charge in [-0.3, -0.25) is 14.4 Å². The molecule has 0 radical (unpaired) electrons. The predicted molar refractivity (Wildman–Crippen MR) is 69.1 cm³/mol. The summed E-state index contributed by atoms with van der Waals surface area (Å²) in [5.74, 6) is -0.873. The number of hydrogen-bond donors (Lipinski definition) is 0. The topological polar surface area (TPSA) is 60.4 Å². The van der Waals surface area contributed by atoms with Crippen LogP contribution in [0.25, 0.3) is 0 Å². The van der Waals surface area contributed by atoms with Crippen LogP contribution in [0.5, 0.6) is 0 Å². The Kier molecular flexibility index (Phi) is 5.71. The fourth-order valence-corrected chi connectivity index (χ4v) is 1.71. The number of esters is 1. The molecule has 104 valence electrons. The lowest BCUT2D eigenvalue weighted by molar-refractivity contribution is -0.160. The number of rotatable bonds is 6. The van der Waals surface area contributed by atoms with E-state index in [0.29, 0.717) is 12.8 Å². The summed E-state index contributed by atoms with van der Waals surface area (Å²) in [5, 5.41) is 0. The largest absolute Gasteiger partial charge is 0.464 e. The first-order valence-corrected chi connectivity index (χ1v) is 6.27. The normalized spacial score (nSPS) is 12.1. The van der Waals surface area contributed by atoms with Crippen molar-refractivity contribution in [3.05, 3.63) is 0 Å². The van der Waals surface area contributed by atoms with Gasteiger partial charge in [0.25, 0.3) is 0 Å². The van der Waals surface area contributed by atoms with E-state index in [1.54, 1.807) is 20.8 Å². The van der Waals surface area contributed by atoms with Crippen molar-refractivity contribution in [2.75, 3.05) is 6.61 Å². The van der Waals surface area contributed by atoms with E-state index in [4.69, 9.17) is 4.74 Å². The zero-order valence-electron chi connectivity index (χ0n) is 12.3. The second-order valence-electron chi connectivity index (χ2n) is 5.77. The molecule has 0 heterocycles. The Labute approximate surface area is 109 Å². The van der Waals surface area contributed by atoms with Gasteiger partial charge < -0.3 is 4.74 Å². The Morgan fingerprint density at radius 2 is 1.44 bits per heavy atom. The van der Waals surface area contributed by atoms with Crippen molar-refractivity contribution in [1.82, 2.24) is 0 Å². The van der Waals surface area contributed by atoms with Gasteiger partial charge >= 0.3 is 5.97 Å². The molecule has 0 bridgehead atoms. The third-order valence-electron chi connectivity index (χ3n) is 3.09. The molecule has 0 aliphatic rings. The predicted octanol–water partition coefficient (Wildman–Crippen LogP) is 2.54. The number of ether oxygens (including phenoxy) is 1. The molecular weight excluding hydrogens is 232 g/mol. The zero-order valence-corrected chi connectivity index (χ0v) is 12.3. The minimum absolute atomic E-state index is 0.151. The molecule has 0 aromatic heterocycles. The molecule has 0 aliphatic carbocycles. The zero-order chi connectivity index (χ0) is 14.6. The highest BCUT2D eigenvalue weighted by Gasteiger charge is 2.41. The molecule has 4 heteroatoms. The van der Waals surface area contributed by atoms with Gasteiger partial charge in [-0.15, -0.1) is 0 Å². The molecule has 0 spiro atoms. The van der Waals surface area contributed by atoms with E-state index in [-0.39, 0.29) is 18.2 Å². The van der Waals surface area contributed by atoms with Crippen molar-refractivity contribution >= 4 is 17.5 Å². The molecule has 0 saturated heterocycles. The third-order valence-corrected chi connectivity index (χ3v) is 3.09. The van der Waals surface area contributed by atoms with Crippen LogP contribution in [0.3, 0.4) is 0 Å². The molecule has 0 aromatic carbocycles. The van der Waals surface area contributed by atoms with Crippen LogP contribution >= 0.6 is 0 Å². The maximum atomic E-state index is 11.7. The lowest BCUT2D eigenvalue weighted by atomic mass is 9.77. The lowest BCUT2D eigenvalue weighted by Gasteiger charge is -2.29. The lowest BCUT2D eigenvalue weighted by Crippen LogP contribution is -2.42. The van der Waals surface area contributed by atoms with E-state index in [1.165, 1.54) is 13.8 Å². The first-order valence-electron chi connectivity index (χ1n) is 6.27. The number of carbonyl (C=O) groups is 3. The molecule has 0 aromatic rings. The highest BCUT2D eigenvalue weighted by Crippen LogP contribution is 2.28. The van der Waals surface area contributed by atoms with Crippen LogP contribution in [0.4, 0.5) is 0 Å². The van der Waals surface area contributed by atoms with E-state index in [2.05, 4.69) is 0 Å². The second kappa shape index (κ2) is 6.12. The summed E-state index contributed by atoms with van der Waals surface area (Å²) < 4.78 is 5.17. The van der Waals surface area contributed by atoms with Crippen molar-refractivity contribution in [3.63, 3.8) is 0 Å². The van der Waals surface area contributed by atoms with Gasteiger partial charge in [0.1, 0.15) is 23.6 Å². The molecule has 18 heavy (non-hydrogen) atoms. The Morgan fingerprint density at radius 1 is 1.00 bits per heavy atom. The monoisotopic (exact) mass is 256 g/mol.